The highest BCUT2D eigenvalue weighted by molar-refractivity contribution is 5.94. The Kier molecular flexibility index (Phi) is 3.61. The van der Waals surface area contributed by atoms with Crippen LogP contribution in [-0.4, -0.2) is 37.0 Å². The van der Waals surface area contributed by atoms with E-state index in [2.05, 4.69) is 5.32 Å². The van der Waals surface area contributed by atoms with E-state index in [-0.39, 0.29) is 17.2 Å². The summed E-state index contributed by atoms with van der Waals surface area (Å²) in [5.74, 6) is -1.83. The molecule has 1 atom stereocenters. The fourth-order valence-electron chi connectivity index (χ4n) is 2.15. The molecule has 1 saturated heterocycles. The number of halogens is 2. The molecule has 1 aliphatic heterocycles. The van der Waals surface area contributed by atoms with Crippen LogP contribution in [-0.2, 0) is 0 Å². The lowest BCUT2D eigenvalue weighted by Gasteiger charge is -2.24. The number of rotatable bonds is 2. The lowest BCUT2D eigenvalue weighted by atomic mass is 10.1. The summed E-state index contributed by atoms with van der Waals surface area (Å²) in [6.07, 6.45) is 0.851. The number of likely N-dealkylation sites (N-methyl/N-ethyl adjacent to an activating group) is 1. The van der Waals surface area contributed by atoms with Gasteiger partial charge in [-0.1, -0.05) is 0 Å². The van der Waals surface area contributed by atoms with Crippen LogP contribution in [0.4, 0.5) is 8.78 Å². The predicted molar refractivity (Wildman–Crippen MR) is 64.5 cm³/mol. The number of nitrogens with zero attached hydrogens (tertiary/aromatic N) is 1. The highest BCUT2D eigenvalue weighted by atomic mass is 19.1. The quantitative estimate of drug-likeness (QED) is 0.871. The summed E-state index contributed by atoms with van der Waals surface area (Å²) in [5, 5.41) is 3.15. The number of nitrogens with one attached hydrogen (secondary N) is 1. The van der Waals surface area contributed by atoms with Crippen LogP contribution in [0.5, 0.6) is 0 Å². The third kappa shape index (κ3) is 2.36. The summed E-state index contributed by atoms with van der Waals surface area (Å²) >= 11 is 0. The fraction of sp³-hybridized carbons (Fsp3) is 0.462. The zero-order valence-electron chi connectivity index (χ0n) is 10.5. The lowest BCUT2D eigenvalue weighted by Crippen LogP contribution is -2.38. The molecule has 1 aromatic rings. The molecule has 98 valence electrons. The average Bonchev–Trinajstić information content (AvgIpc) is 2.85. The fourth-order valence-corrected chi connectivity index (χ4v) is 2.15. The van der Waals surface area contributed by atoms with Crippen LogP contribution >= 0.6 is 0 Å². The van der Waals surface area contributed by atoms with E-state index in [1.54, 1.807) is 7.05 Å². The molecule has 0 bridgehead atoms. The molecule has 0 aromatic heterocycles. The van der Waals surface area contributed by atoms with E-state index in [9.17, 15) is 13.6 Å². The van der Waals surface area contributed by atoms with Crippen LogP contribution in [0.25, 0.3) is 0 Å². The summed E-state index contributed by atoms with van der Waals surface area (Å²) in [7, 11) is 1.65. The third-order valence-electron chi connectivity index (χ3n) is 3.38. The van der Waals surface area contributed by atoms with Crippen molar-refractivity contribution in [2.24, 2.45) is 0 Å². The van der Waals surface area contributed by atoms with Crippen molar-refractivity contribution in [1.82, 2.24) is 10.2 Å². The summed E-state index contributed by atoms with van der Waals surface area (Å²) in [6.45, 7) is 3.08. The minimum absolute atomic E-state index is 0.0664. The smallest absolute Gasteiger partial charge is 0.256 e. The summed E-state index contributed by atoms with van der Waals surface area (Å²) in [5.41, 5.74) is 0.209. The van der Waals surface area contributed by atoms with Crippen LogP contribution in [0, 0.1) is 18.6 Å². The van der Waals surface area contributed by atoms with Gasteiger partial charge in [-0.15, -0.1) is 0 Å². The minimum atomic E-state index is -0.805. The van der Waals surface area contributed by atoms with Crippen molar-refractivity contribution < 1.29 is 13.6 Å². The van der Waals surface area contributed by atoms with Gasteiger partial charge in [-0.2, -0.15) is 0 Å². The molecule has 1 aliphatic rings. The van der Waals surface area contributed by atoms with Gasteiger partial charge in [-0.05, 0) is 31.5 Å². The second kappa shape index (κ2) is 5.02. The molecule has 0 saturated carbocycles. The zero-order valence-corrected chi connectivity index (χ0v) is 10.5. The molecule has 0 radical (unpaired) electrons. The van der Waals surface area contributed by atoms with Crippen LogP contribution in [0.3, 0.4) is 0 Å². The van der Waals surface area contributed by atoms with Gasteiger partial charge in [0.15, 0.2) is 0 Å². The number of aryl methyl sites for hydroxylation is 1. The molecule has 18 heavy (non-hydrogen) atoms. The predicted octanol–water partition coefficient (Wildman–Crippen LogP) is 1.71. The second-order valence-corrected chi connectivity index (χ2v) is 4.64. The molecule has 0 aliphatic carbocycles. The van der Waals surface area contributed by atoms with E-state index in [4.69, 9.17) is 0 Å². The monoisotopic (exact) mass is 254 g/mol. The second-order valence-electron chi connectivity index (χ2n) is 4.64. The van der Waals surface area contributed by atoms with E-state index >= 15 is 0 Å². The Morgan fingerprint density at radius 3 is 2.72 bits per heavy atom. The Morgan fingerprint density at radius 1 is 1.39 bits per heavy atom. The molecular formula is C13H16F2N2O. The largest absolute Gasteiger partial charge is 0.337 e. The van der Waals surface area contributed by atoms with Gasteiger partial charge in [0, 0.05) is 25.7 Å². The molecule has 1 aromatic carbocycles. The highest BCUT2D eigenvalue weighted by Crippen LogP contribution is 2.18. The van der Waals surface area contributed by atoms with Crippen molar-refractivity contribution in [3.8, 4) is 0 Å². The number of carbonyl (C=O) groups is 1. The summed E-state index contributed by atoms with van der Waals surface area (Å²) in [6, 6.07) is 2.11. The molecule has 5 heteroatoms. The first-order valence-electron chi connectivity index (χ1n) is 5.94. The first-order valence-corrected chi connectivity index (χ1v) is 5.94. The van der Waals surface area contributed by atoms with Crippen molar-refractivity contribution in [1.29, 1.82) is 0 Å². The van der Waals surface area contributed by atoms with Crippen molar-refractivity contribution in [2.75, 3.05) is 20.1 Å². The van der Waals surface area contributed by atoms with Crippen LogP contribution in [0.15, 0.2) is 12.1 Å². The van der Waals surface area contributed by atoms with Gasteiger partial charge in [-0.3, -0.25) is 4.79 Å². The average molecular weight is 254 g/mol. The van der Waals surface area contributed by atoms with E-state index in [1.807, 2.05) is 0 Å². The lowest BCUT2D eigenvalue weighted by molar-refractivity contribution is 0.0739. The highest BCUT2D eigenvalue weighted by Gasteiger charge is 2.26. The van der Waals surface area contributed by atoms with Gasteiger partial charge in [0.05, 0.1) is 5.56 Å². The third-order valence-corrected chi connectivity index (χ3v) is 3.38. The van der Waals surface area contributed by atoms with Gasteiger partial charge >= 0.3 is 0 Å². The van der Waals surface area contributed by atoms with Gasteiger partial charge in [0.2, 0.25) is 0 Å². The molecule has 0 unspecified atom stereocenters. The SMILES string of the molecule is Cc1cc(C(=O)N(C)[C@H]2CCNC2)c(F)cc1F. The normalized spacial score (nSPS) is 19.0. The molecular weight excluding hydrogens is 238 g/mol. The standard InChI is InChI=1S/C13H16F2N2O/c1-8-5-10(12(15)6-11(8)14)13(18)17(2)9-3-4-16-7-9/h5-6,9,16H,3-4,7H2,1-2H3/t9-/m0/s1. The number of benzene rings is 1. The maximum absolute atomic E-state index is 13.6. The number of amides is 1. The Bertz CT molecular complexity index is 470. The van der Waals surface area contributed by atoms with E-state index < -0.39 is 17.5 Å². The molecule has 1 amide bonds. The van der Waals surface area contributed by atoms with Crippen molar-refractivity contribution >= 4 is 5.91 Å². The summed E-state index contributed by atoms with van der Waals surface area (Å²) in [4.78, 5) is 13.7. The molecule has 2 rings (SSSR count). The molecule has 3 nitrogen and oxygen atoms in total. The molecule has 1 fully saturated rings. The van der Waals surface area contributed by atoms with Crippen LogP contribution in [0.2, 0.25) is 0 Å². The Labute approximate surface area is 105 Å². The topological polar surface area (TPSA) is 32.3 Å². The number of carbonyl (C=O) groups excluding carboxylic acids is 1. The van der Waals surface area contributed by atoms with E-state index in [1.165, 1.54) is 17.9 Å². The van der Waals surface area contributed by atoms with Crippen molar-refractivity contribution in [3.05, 3.63) is 34.9 Å². The molecule has 0 spiro atoms. The van der Waals surface area contributed by atoms with E-state index in [0.717, 1.165) is 19.0 Å². The first-order chi connectivity index (χ1) is 8.50. The van der Waals surface area contributed by atoms with Crippen molar-refractivity contribution in [2.45, 2.75) is 19.4 Å². The Balaban J connectivity index is 2.25. The summed E-state index contributed by atoms with van der Waals surface area (Å²) < 4.78 is 26.8. The van der Waals surface area contributed by atoms with Gasteiger partial charge in [-0.25, -0.2) is 8.78 Å². The maximum atomic E-state index is 13.6. The van der Waals surface area contributed by atoms with Gasteiger partial charge in [0.25, 0.3) is 5.91 Å². The first kappa shape index (κ1) is 13.0. The number of hydrogen-bond donors (Lipinski definition) is 1. The van der Waals surface area contributed by atoms with Gasteiger partial charge in [0.1, 0.15) is 11.6 Å². The van der Waals surface area contributed by atoms with Crippen molar-refractivity contribution in [3.63, 3.8) is 0 Å². The maximum Gasteiger partial charge on any atom is 0.256 e. The molecule has 1 heterocycles. The Morgan fingerprint density at radius 2 is 2.11 bits per heavy atom. The van der Waals surface area contributed by atoms with E-state index in [0.29, 0.717) is 6.54 Å². The number of hydrogen-bond acceptors (Lipinski definition) is 2. The van der Waals surface area contributed by atoms with Gasteiger partial charge < -0.3 is 10.2 Å². The Hall–Kier alpha value is -1.49. The van der Waals surface area contributed by atoms with Crippen LogP contribution in [0.1, 0.15) is 22.3 Å². The molecule has 1 N–H and O–H groups in total. The minimum Gasteiger partial charge on any atom is -0.337 e. The zero-order chi connectivity index (χ0) is 13.3. The van der Waals surface area contributed by atoms with Crippen LogP contribution < -0.4 is 5.32 Å².